The molecule has 11 heteroatoms. The van der Waals surface area contributed by atoms with Crippen molar-refractivity contribution < 1.29 is 37.7 Å². The number of rotatable bonds is 5. The summed E-state index contributed by atoms with van der Waals surface area (Å²) in [6.07, 6.45) is -4.61. The van der Waals surface area contributed by atoms with Crippen LogP contribution in [0.25, 0.3) is 5.65 Å². The number of halogens is 3. The number of esters is 1. The number of carbonyl (C=O) groups is 2. The van der Waals surface area contributed by atoms with Gasteiger partial charge in [0.05, 0.1) is 30.2 Å². The fraction of sp³-hybridized carbons (Fsp3) is 0.200. The van der Waals surface area contributed by atoms with Crippen molar-refractivity contribution in [2.24, 2.45) is 0 Å². The van der Waals surface area contributed by atoms with E-state index in [-0.39, 0.29) is 16.8 Å². The number of pyridine rings is 1. The van der Waals surface area contributed by atoms with Crippen LogP contribution in [0.3, 0.4) is 0 Å². The van der Waals surface area contributed by atoms with Crippen molar-refractivity contribution in [3.05, 3.63) is 75.2 Å². The summed E-state index contributed by atoms with van der Waals surface area (Å²) in [6.45, 7) is 0. The first kappa shape index (κ1) is 21.8. The predicted molar refractivity (Wildman–Crippen MR) is 100 cm³/mol. The molecular weight excluding hydrogens is 421 g/mol. The van der Waals surface area contributed by atoms with Crippen molar-refractivity contribution in [1.82, 2.24) is 9.38 Å². The molecule has 162 valence electrons. The molecule has 0 saturated carbocycles. The van der Waals surface area contributed by atoms with Gasteiger partial charge < -0.3 is 14.9 Å². The van der Waals surface area contributed by atoms with Gasteiger partial charge in [0.2, 0.25) is 5.88 Å². The molecule has 0 fully saturated rings. The number of hydrogen-bond acceptors (Lipinski definition) is 6. The van der Waals surface area contributed by atoms with Crippen LogP contribution in [0.1, 0.15) is 39.4 Å². The molecule has 1 aromatic carbocycles. The highest BCUT2D eigenvalue weighted by Crippen LogP contribution is 2.33. The smallest absolute Gasteiger partial charge is 0.417 e. The lowest BCUT2D eigenvalue weighted by atomic mass is 9.89. The van der Waals surface area contributed by atoms with Crippen LogP contribution in [0.4, 0.5) is 13.2 Å². The van der Waals surface area contributed by atoms with Gasteiger partial charge in [0.1, 0.15) is 5.65 Å². The van der Waals surface area contributed by atoms with E-state index in [1.165, 1.54) is 24.3 Å². The Morgan fingerprint density at radius 2 is 1.81 bits per heavy atom. The van der Waals surface area contributed by atoms with Gasteiger partial charge in [-0.3, -0.25) is 14.0 Å². The van der Waals surface area contributed by atoms with Crippen molar-refractivity contribution in [3.63, 3.8) is 0 Å². The van der Waals surface area contributed by atoms with Gasteiger partial charge in [-0.1, -0.05) is 12.1 Å². The Morgan fingerprint density at radius 1 is 1.16 bits per heavy atom. The summed E-state index contributed by atoms with van der Waals surface area (Å²) in [5.74, 6) is -3.88. The van der Waals surface area contributed by atoms with Crippen molar-refractivity contribution >= 4 is 17.6 Å². The maximum Gasteiger partial charge on any atom is 0.417 e. The molecule has 2 N–H and O–H groups in total. The summed E-state index contributed by atoms with van der Waals surface area (Å²) >= 11 is 0. The minimum Gasteiger partial charge on any atom is -0.493 e. The van der Waals surface area contributed by atoms with Gasteiger partial charge in [0.25, 0.3) is 5.56 Å². The van der Waals surface area contributed by atoms with E-state index in [1.54, 1.807) is 0 Å². The van der Waals surface area contributed by atoms with Crippen molar-refractivity contribution in [2.75, 3.05) is 7.11 Å². The second-order valence-electron chi connectivity index (χ2n) is 6.56. The molecule has 0 spiro atoms. The molecule has 3 aromatic rings. The van der Waals surface area contributed by atoms with Crippen molar-refractivity contribution in [2.45, 2.75) is 18.5 Å². The Labute approximate surface area is 172 Å². The molecule has 0 amide bonds. The standard InChI is InChI=1S/C20H15F3N2O6/c1-31-15(26)8-13(10-2-4-11(5-3-10)19(29)30)16-17(27)24-14-7-6-12(20(21,22)23)9-25(14)18(16)28/h2-7,9,13,27H,8H2,1H3,(H,29,30). The van der Waals surface area contributed by atoms with Crippen LogP contribution in [0, 0.1) is 0 Å². The largest absolute Gasteiger partial charge is 0.493 e. The first-order valence-electron chi connectivity index (χ1n) is 8.75. The summed E-state index contributed by atoms with van der Waals surface area (Å²) in [5.41, 5.74) is -2.56. The van der Waals surface area contributed by atoms with Gasteiger partial charge >= 0.3 is 18.1 Å². The van der Waals surface area contributed by atoms with Gasteiger partial charge in [0.15, 0.2) is 0 Å². The molecule has 0 bridgehead atoms. The van der Waals surface area contributed by atoms with Gasteiger partial charge in [0, 0.05) is 12.1 Å². The number of carbonyl (C=O) groups excluding carboxylic acids is 1. The van der Waals surface area contributed by atoms with E-state index >= 15 is 0 Å². The molecule has 0 aliphatic rings. The zero-order valence-corrected chi connectivity index (χ0v) is 15.9. The lowest BCUT2D eigenvalue weighted by molar-refractivity contribution is -0.141. The first-order valence-corrected chi connectivity index (χ1v) is 8.75. The molecule has 1 unspecified atom stereocenters. The van der Waals surface area contributed by atoms with E-state index in [1.807, 2.05) is 0 Å². The molecule has 8 nitrogen and oxygen atoms in total. The Bertz CT molecular complexity index is 1220. The molecule has 0 saturated heterocycles. The summed E-state index contributed by atoms with van der Waals surface area (Å²) in [6, 6.07) is 6.77. The zero-order chi connectivity index (χ0) is 22.9. The van der Waals surface area contributed by atoms with Gasteiger partial charge in [-0.25, -0.2) is 4.79 Å². The summed E-state index contributed by atoms with van der Waals surface area (Å²) in [7, 11) is 1.11. The number of aromatic carboxylic acids is 1. The lowest BCUT2D eigenvalue weighted by Crippen LogP contribution is -2.25. The minimum atomic E-state index is -4.72. The highest BCUT2D eigenvalue weighted by atomic mass is 19.4. The minimum absolute atomic E-state index is 0.0621. The number of nitrogens with zero attached hydrogens (tertiary/aromatic N) is 2. The van der Waals surface area contributed by atoms with Crippen LogP contribution in [0.5, 0.6) is 5.88 Å². The molecular formula is C20H15F3N2O6. The molecule has 2 heterocycles. The summed E-state index contributed by atoms with van der Waals surface area (Å²) in [5, 5.41) is 19.4. The van der Waals surface area contributed by atoms with Crippen LogP contribution in [0.2, 0.25) is 0 Å². The molecule has 1 atom stereocenters. The Kier molecular flexibility index (Phi) is 5.69. The fourth-order valence-electron chi connectivity index (χ4n) is 3.11. The van der Waals surface area contributed by atoms with E-state index in [0.29, 0.717) is 10.6 Å². The number of aromatic nitrogens is 2. The number of alkyl halides is 3. The molecule has 0 aliphatic carbocycles. The molecule has 31 heavy (non-hydrogen) atoms. The molecule has 0 radical (unpaired) electrons. The van der Waals surface area contributed by atoms with Crippen molar-refractivity contribution in [3.8, 4) is 5.88 Å². The maximum absolute atomic E-state index is 13.1. The second-order valence-corrected chi connectivity index (χ2v) is 6.56. The van der Waals surface area contributed by atoms with Gasteiger partial charge in [-0.15, -0.1) is 0 Å². The third kappa shape index (κ3) is 4.34. The number of carboxylic acid groups (broad SMARTS) is 1. The fourth-order valence-corrected chi connectivity index (χ4v) is 3.11. The average Bonchev–Trinajstić information content (AvgIpc) is 2.72. The average molecular weight is 436 g/mol. The highest BCUT2D eigenvalue weighted by molar-refractivity contribution is 5.87. The Morgan fingerprint density at radius 3 is 2.35 bits per heavy atom. The Balaban J connectivity index is 2.24. The van der Waals surface area contributed by atoms with Crippen molar-refractivity contribution in [1.29, 1.82) is 0 Å². The van der Waals surface area contributed by atoms with Gasteiger partial charge in [-0.05, 0) is 29.8 Å². The number of hydrogen-bond donors (Lipinski definition) is 2. The van der Waals surface area contributed by atoms with Gasteiger partial charge in [-0.2, -0.15) is 18.2 Å². The van der Waals surface area contributed by atoms with E-state index in [4.69, 9.17) is 5.11 Å². The zero-order valence-electron chi connectivity index (χ0n) is 15.9. The Hall–Kier alpha value is -3.89. The monoisotopic (exact) mass is 436 g/mol. The SMILES string of the molecule is COC(=O)CC(c1ccc(C(=O)O)cc1)c1c(O)nc2ccc(C(F)(F)F)cn2c1=O. The summed E-state index contributed by atoms with van der Waals surface area (Å²) in [4.78, 5) is 39.8. The number of methoxy groups -OCH3 is 1. The van der Waals surface area contributed by atoms with Crippen LogP contribution >= 0.6 is 0 Å². The van der Waals surface area contributed by atoms with Crippen LogP contribution < -0.4 is 5.56 Å². The van der Waals surface area contributed by atoms with E-state index in [9.17, 15) is 32.7 Å². The van der Waals surface area contributed by atoms with Crippen LogP contribution in [0.15, 0.2) is 47.4 Å². The van der Waals surface area contributed by atoms with E-state index in [0.717, 1.165) is 19.2 Å². The third-order valence-corrected chi connectivity index (χ3v) is 4.67. The number of carboxylic acids is 1. The third-order valence-electron chi connectivity index (χ3n) is 4.67. The number of benzene rings is 1. The number of aromatic hydroxyl groups is 1. The van der Waals surface area contributed by atoms with E-state index in [2.05, 4.69) is 9.72 Å². The molecule has 3 rings (SSSR count). The first-order chi connectivity index (χ1) is 14.5. The molecule has 2 aromatic heterocycles. The number of ether oxygens (including phenoxy) is 1. The quantitative estimate of drug-likeness (QED) is 0.591. The normalized spacial score (nSPS) is 12.5. The van der Waals surface area contributed by atoms with Crippen LogP contribution in [-0.4, -0.2) is 38.6 Å². The predicted octanol–water partition coefficient (Wildman–Crippen LogP) is 2.81. The maximum atomic E-state index is 13.1. The topological polar surface area (TPSA) is 118 Å². The van der Waals surface area contributed by atoms with E-state index < -0.39 is 53.0 Å². The number of fused-ring (bicyclic) bond motifs is 1. The highest BCUT2D eigenvalue weighted by Gasteiger charge is 2.32. The van der Waals surface area contributed by atoms with Crippen LogP contribution in [-0.2, 0) is 15.7 Å². The lowest BCUT2D eigenvalue weighted by Gasteiger charge is -2.18. The second kappa shape index (κ2) is 8.09. The summed E-state index contributed by atoms with van der Waals surface area (Å²) < 4.78 is 44.5. The molecule has 0 aliphatic heterocycles.